The topological polar surface area (TPSA) is 263 Å². The van der Waals surface area contributed by atoms with Crippen LogP contribution >= 0.6 is 0 Å². The molecule has 7 N–H and O–H groups in total. The molecule has 5 amide bonds. The Hall–Kier alpha value is -6.31. The molecule has 0 fully saturated rings. The number of aryl methyl sites for hydroxylation is 1. The van der Waals surface area contributed by atoms with Gasteiger partial charge in [-0.15, -0.1) is 5.10 Å². The zero-order valence-corrected chi connectivity index (χ0v) is 42.8. The van der Waals surface area contributed by atoms with Crippen molar-refractivity contribution in [2.24, 2.45) is 11.8 Å². The van der Waals surface area contributed by atoms with Crippen molar-refractivity contribution in [1.29, 1.82) is 0 Å². The summed E-state index contributed by atoms with van der Waals surface area (Å²) in [5.41, 5.74) is 1.55. The number of benzene rings is 2. The molecule has 0 aliphatic rings. The highest BCUT2D eigenvalue weighted by molar-refractivity contribution is 5.98. The zero-order valence-electron chi connectivity index (χ0n) is 42.8. The van der Waals surface area contributed by atoms with Crippen LogP contribution in [-0.4, -0.2) is 136 Å². The van der Waals surface area contributed by atoms with Crippen LogP contribution in [0.3, 0.4) is 0 Å². The van der Waals surface area contributed by atoms with Gasteiger partial charge in [-0.1, -0.05) is 119 Å². The minimum absolute atomic E-state index is 0.0277. The van der Waals surface area contributed by atoms with Gasteiger partial charge in [-0.25, -0.2) is 4.79 Å². The first-order valence-corrected chi connectivity index (χ1v) is 24.6. The van der Waals surface area contributed by atoms with Crippen LogP contribution in [-0.2, 0) is 62.4 Å². The first kappa shape index (κ1) is 59.0. The van der Waals surface area contributed by atoms with Crippen LogP contribution in [0.1, 0.15) is 104 Å². The lowest BCUT2D eigenvalue weighted by molar-refractivity contribution is -0.171. The fourth-order valence-corrected chi connectivity index (χ4v) is 7.72. The molecular weight excluding hydrogens is 911 g/mol. The molecule has 2 aromatic carbocycles. The van der Waals surface area contributed by atoms with Crippen LogP contribution in [0.15, 0.2) is 78.5 Å². The Kier molecular flexibility index (Phi) is 25.9. The Labute approximate surface area is 418 Å². The summed E-state index contributed by atoms with van der Waals surface area (Å²) in [6, 6.07) is 14.0. The standard InChI is InChI=1S/C52H77N9O10/c1-9-37(10-2)31-61(24-25-62)32-45(63)55-41(23-22-38-18-14-12-15-19-38)49(67)57-43(27-36(6)7)50(68)58-44(28-39-20-16-13-17-21-39)51(69)56-42(26-35(4)5)48(66)52(8,11-3)71-47(65)34-70-33-46(64)53-29-40-30-54-60-59-40/h9,12-21,30,35-36,41-44,62H,10-11,22-29,31-34H2,1-8H3,(H,53,64)(H,55,63)(H,56,69)(H,57,67)(H,58,68)(H,54,59,60)/b37-9-/t41-,42-,43-,44-,52+/m0/s1. The normalized spacial score (nSPS) is 14.2. The molecule has 1 aromatic heterocycles. The van der Waals surface area contributed by atoms with Crippen molar-refractivity contribution in [3.63, 3.8) is 0 Å². The maximum Gasteiger partial charge on any atom is 0.333 e. The Balaban J connectivity index is 1.84. The third-order valence-corrected chi connectivity index (χ3v) is 11.8. The number of aromatic amines is 1. The van der Waals surface area contributed by atoms with E-state index in [4.69, 9.17) is 9.47 Å². The number of carbonyl (C=O) groups is 7. The molecule has 19 heteroatoms. The van der Waals surface area contributed by atoms with Gasteiger partial charge in [0.05, 0.1) is 25.7 Å². The Bertz CT molecular complexity index is 2150. The molecule has 19 nitrogen and oxygen atoms in total. The molecule has 0 saturated heterocycles. The average molecular weight is 988 g/mol. The molecule has 0 aliphatic carbocycles. The molecule has 390 valence electrons. The van der Waals surface area contributed by atoms with E-state index in [0.717, 1.165) is 17.6 Å². The van der Waals surface area contributed by atoms with Crippen molar-refractivity contribution in [2.75, 3.05) is 39.5 Å². The van der Waals surface area contributed by atoms with E-state index in [0.29, 0.717) is 24.2 Å². The van der Waals surface area contributed by atoms with Gasteiger partial charge in [0.25, 0.3) is 0 Å². The van der Waals surface area contributed by atoms with Gasteiger partial charge in [-0.05, 0) is 75.3 Å². The number of allylic oxidation sites excluding steroid dienone is 1. The Morgan fingerprint density at radius 1 is 0.761 bits per heavy atom. The van der Waals surface area contributed by atoms with Gasteiger partial charge in [-0.3, -0.25) is 38.8 Å². The number of ether oxygens (including phenoxy) is 2. The molecule has 0 saturated carbocycles. The number of carbonyl (C=O) groups excluding carboxylic acids is 7. The Morgan fingerprint density at radius 3 is 1.93 bits per heavy atom. The van der Waals surface area contributed by atoms with Gasteiger partial charge in [0.15, 0.2) is 11.4 Å². The lowest BCUT2D eigenvalue weighted by Crippen LogP contribution is -2.60. The van der Waals surface area contributed by atoms with Crippen LogP contribution in [0.25, 0.3) is 0 Å². The third kappa shape index (κ3) is 21.7. The maximum atomic E-state index is 14.5. The first-order valence-electron chi connectivity index (χ1n) is 24.6. The number of aliphatic hydroxyl groups excluding tert-OH is 1. The summed E-state index contributed by atoms with van der Waals surface area (Å²) in [6.07, 6.45) is 5.37. The van der Waals surface area contributed by atoms with E-state index in [1.165, 1.54) is 13.1 Å². The first-order chi connectivity index (χ1) is 33.9. The predicted octanol–water partition coefficient (Wildman–Crippen LogP) is 3.28. The van der Waals surface area contributed by atoms with Crippen LogP contribution in [0.2, 0.25) is 0 Å². The van der Waals surface area contributed by atoms with E-state index in [1.807, 2.05) is 88.9 Å². The minimum Gasteiger partial charge on any atom is -0.450 e. The predicted molar refractivity (Wildman–Crippen MR) is 268 cm³/mol. The number of aliphatic hydroxyl groups is 1. The fourth-order valence-electron chi connectivity index (χ4n) is 7.72. The number of aromatic nitrogens is 3. The monoisotopic (exact) mass is 988 g/mol. The number of Topliss-reactive ketones (excluding diaryl/α,β-unsaturated/α-hetero) is 1. The summed E-state index contributed by atoms with van der Waals surface area (Å²) in [5.74, 6) is -4.51. The molecular formula is C52H77N9O10. The van der Waals surface area contributed by atoms with Crippen LogP contribution < -0.4 is 26.6 Å². The molecule has 0 bridgehead atoms. The van der Waals surface area contributed by atoms with Crippen molar-refractivity contribution in [1.82, 2.24) is 46.9 Å². The molecule has 71 heavy (non-hydrogen) atoms. The minimum atomic E-state index is -1.71. The third-order valence-electron chi connectivity index (χ3n) is 11.8. The lowest BCUT2D eigenvalue weighted by Gasteiger charge is -2.33. The number of hydrogen-bond acceptors (Lipinski definition) is 13. The van der Waals surface area contributed by atoms with Gasteiger partial charge in [0, 0.05) is 25.7 Å². The smallest absolute Gasteiger partial charge is 0.333 e. The van der Waals surface area contributed by atoms with Gasteiger partial charge in [0.1, 0.15) is 37.0 Å². The summed E-state index contributed by atoms with van der Waals surface area (Å²) in [4.78, 5) is 98.4. The zero-order chi connectivity index (χ0) is 52.3. The maximum absolute atomic E-state index is 14.5. The van der Waals surface area contributed by atoms with Crippen molar-refractivity contribution < 1.29 is 48.1 Å². The summed E-state index contributed by atoms with van der Waals surface area (Å²) in [7, 11) is 0. The van der Waals surface area contributed by atoms with E-state index < -0.39 is 84.3 Å². The summed E-state index contributed by atoms with van der Waals surface area (Å²) >= 11 is 0. The molecule has 1 heterocycles. The SMILES string of the molecule is C/C=C(/CC)CN(CCO)CC(=O)N[C@@H](CCc1ccccc1)C(=O)N[C@@H](CC(C)C)C(=O)N[C@@H](Cc1ccccc1)C(=O)N[C@@H](CC(C)C)C(=O)[C@@](C)(CC)OC(=O)COCC(=O)NCc1c[nH]nn1. The van der Waals surface area contributed by atoms with E-state index >= 15 is 0 Å². The van der Waals surface area contributed by atoms with Gasteiger partial charge >= 0.3 is 5.97 Å². The van der Waals surface area contributed by atoms with E-state index in [2.05, 4.69) is 42.0 Å². The van der Waals surface area contributed by atoms with E-state index in [1.54, 1.807) is 31.2 Å². The van der Waals surface area contributed by atoms with Crippen molar-refractivity contribution >= 4 is 41.3 Å². The summed E-state index contributed by atoms with van der Waals surface area (Å²) in [5, 5.41) is 33.7. The number of esters is 1. The highest BCUT2D eigenvalue weighted by Crippen LogP contribution is 2.23. The van der Waals surface area contributed by atoms with Crippen molar-refractivity contribution in [2.45, 2.75) is 137 Å². The number of ketones is 1. The number of rotatable bonds is 33. The van der Waals surface area contributed by atoms with Crippen molar-refractivity contribution in [3.05, 3.63) is 95.3 Å². The molecule has 5 atom stereocenters. The highest BCUT2D eigenvalue weighted by Gasteiger charge is 2.42. The second-order valence-electron chi connectivity index (χ2n) is 18.7. The molecule has 0 spiro atoms. The number of nitrogens with zero attached hydrogens (tertiary/aromatic N) is 3. The average Bonchev–Trinajstić information content (AvgIpc) is 3.87. The molecule has 3 rings (SSSR count). The second kappa shape index (κ2) is 31.1. The van der Waals surface area contributed by atoms with Gasteiger partial charge in [-0.2, -0.15) is 0 Å². The lowest BCUT2D eigenvalue weighted by atomic mass is 9.87. The number of hydrogen-bond donors (Lipinski definition) is 7. The summed E-state index contributed by atoms with van der Waals surface area (Å²) in [6.45, 7) is 14.1. The molecule has 0 unspecified atom stereocenters. The number of amides is 5. The van der Waals surface area contributed by atoms with Crippen LogP contribution in [0.5, 0.6) is 0 Å². The van der Waals surface area contributed by atoms with Gasteiger partial charge < -0.3 is 41.2 Å². The second-order valence-corrected chi connectivity index (χ2v) is 18.7. The molecule has 0 aliphatic heterocycles. The summed E-state index contributed by atoms with van der Waals surface area (Å²) < 4.78 is 11.0. The highest BCUT2D eigenvalue weighted by atomic mass is 16.6. The van der Waals surface area contributed by atoms with Crippen LogP contribution in [0.4, 0.5) is 0 Å². The number of H-pyrrole nitrogens is 1. The molecule has 3 aromatic rings. The van der Waals surface area contributed by atoms with Gasteiger partial charge in [0.2, 0.25) is 29.5 Å². The van der Waals surface area contributed by atoms with E-state index in [9.17, 15) is 38.7 Å². The van der Waals surface area contributed by atoms with Crippen molar-refractivity contribution in [3.8, 4) is 0 Å². The number of nitrogens with one attached hydrogen (secondary N) is 6. The molecule has 0 radical (unpaired) electrons. The van der Waals surface area contributed by atoms with E-state index in [-0.39, 0.29) is 70.2 Å². The fraction of sp³-hybridized carbons (Fsp3) is 0.558. The van der Waals surface area contributed by atoms with Crippen LogP contribution in [0, 0.1) is 11.8 Å². The Morgan fingerprint density at radius 2 is 1.35 bits per heavy atom. The largest absolute Gasteiger partial charge is 0.450 e. The quantitative estimate of drug-likeness (QED) is 0.0342.